The second-order valence-corrected chi connectivity index (χ2v) is 8.24. The van der Waals surface area contributed by atoms with Crippen LogP contribution in [0.5, 0.6) is 0 Å². The van der Waals surface area contributed by atoms with E-state index in [-0.39, 0.29) is 0 Å². The van der Waals surface area contributed by atoms with Gasteiger partial charge in [-0.05, 0) is 12.1 Å². The molecule has 0 saturated carbocycles. The lowest BCUT2D eigenvalue weighted by Crippen LogP contribution is -2.25. The normalized spacial score (nSPS) is 15.9. The van der Waals surface area contributed by atoms with Gasteiger partial charge < -0.3 is 24.2 Å². The molecule has 6 nitrogen and oxygen atoms in total. The van der Waals surface area contributed by atoms with Crippen LogP contribution in [-0.2, 0) is 0 Å². The summed E-state index contributed by atoms with van der Waals surface area (Å²) in [7, 11) is 4.15. The van der Waals surface area contributed by atoms with E-state index in [0.29, 0.717) is 0 Å². The molecule has 2 aromatic carbocycles. The van der Waals surface area contributed by atoms with Crippen LogP contribution in [0.1, 0.15) is 0 Å². The van der Waals surface area contributed by atoms with Crippen LogP contribution >= 0.6 is 0 Å². The van der Waals surface area contributed by atoms with Gasteiger partial charge in [-0.2, -0.15) is 0 Å². The standard InChI is InChI=1S/C25H24N6/c1-27-11-13-29(17-27)24-15-19(16-25(26-24)30-14-12-28(2)18-30)31-22-9-5-3-7-20(22)21-8-4-6-10-23(21)31/h3-16H,17-18H2,1-2H3. The molecular formula is C25H24N6. The molecule has 0 amide bonds. The van der Waals surface area contributed by atoms with Crippen LogP contribution < -0.4 is 9.80 Å². The zero-order chi connectivity index (χ0) is 20.9. The molecule has 0 radical (unpaired) electrons. The van der Waals surface area contributed by atoms with Gasteiger partial charge in [-0.3, -0.25) is 0 Å². The molecule has 0 aliphatic carbocycles. The topological polar surface area (TPSA) is 30.8 Å². The molecule has 4 heterocycles. The molecule has 0 spiro atoms. The Kier molecular flexibility index (Phi) is 3.93. The average Bonchev–Trinajstić information content (AvgIpc) is 3.50. The van der Waals surface area contributed by atoms with E-state index < -0.39 is 0 Å². The maximum atomic E-state index is 5.02. The predicted octanol–water partition coefficient (Wildman–Crippen LogP) is 4.54. The van der Waals surface area contributed by atoms with E-state index in [1.54, 1.807) is 0 Å². The molecule has 4 aromatic rings. The van der Waals surface area contributed by atoms with Gasteiger partial charge in [-0.25, -0.2) is 4.98 Å². The number of nitrogens with zero attached hydrogens (tertiary/aromatic N) is 6. The minimum absolute atomic E-state index is 0.790. The van der Waals surface area contributed by atoms with Crippen molar-refractivity contribution in [3.8, 4) is 5.69 Å². The summed E-state index contributed by atoms with van der Waals surface area (Å²) in [5.74, 6) is 1.89. The molecule has 0 bridgehead atoms. The van der Waals surface area contributed by atoms with Crippen molar-refractivity contribution in [3.05, 3.63) is 85.5 Å². The van der Waals surface area contributed by atoms with Crippen LogP contribution in [0.15, 0.2) is 85.5 Å². The number of hydrogen-bond donors (Lipinski definition) is 0. The first kappa shape index (κ1) is 17.9. The molecule has 6 rings (SSSR count). The van der Waals surface area contributed by atoms with Crippen molar-refractivity contribution in [2.45, 2.75) is 0 Å². The highest BCUT2D eigenvalue weighted by atomic mass is 15.4. The Morgan fingerprint density at radius 2 is 1.13 bits per heavy atom. The van der Waals surface area contributed by atoms with Gasteiger partial charge in [0.25, 0.3) is 0 Å². The lowest BCUT2D eigenvalue weighted by Gasteiger charge is -2.23. The number of aromatic nitrogens is 2. The van der Waals surface area contributed by atoms with Crippen molar-refractivity contribution in [1.82, 2.24) is 19.4 Å². The Morgan fingerprint density at radius 1 is 0.645 bits per heavy atom. The van der Waals surface area contributed by atoms with Gasteiger partial charge >= 0.3 is 0 Å². The number of fused-ring (bicyclic) bond motifs is 3. The van der Waals surface area contributed by atoms with Crippen LogP contribution in [0.4, 0.5) is 11.6 Å². The molecule has 0 saturated heterocycles. The van der Waals surface area contributed by atoms with Crippen LogP contribution in [0.3, 0.4) is 0 Å². The summed E-state index contributed by atoms with van der Waals surface area (Å²) in [4.78, 5) is 13.7. The molecule has 31 heavy (non-hydrogen) atoms. The fourth-order valence-electron chi connectivity index (χ4n) is 4.47. The lowest BCUT2D eigenvalue weighted by atomic mass is 10.2. The second-order valence-electron chi connectivity index (χ2n) is 8.24. The summed E-state index contributed by atoms with van der Waals surface area (Å²) in [6.07, 6.45) is 8.34. The molecular weight excluding hydrogens is 384 g/mol. The lowest BCUT2D eigenvalue weighted by molar-refractivity contribution is 0.492. The first-order chi connectivity index (χ1) is 15.2. The smallest absolute Gasteiger partial charge is 0.138 e. The number of benzene rings is 2. The summed E-state index contributed by atoms with van der Waals surface area (Å²) >= 11 is 0. The second kappa shape index (κ2) is 6.80. The van der Waals surface area contributed by atoms with E-state index in [2.05, 4.69) is 124 Å². The van der Waals surface area contributed by atoms with Crippen LogP contribution in [0.25, 0.3) is 27.5 Å². The van der Waals surface area contributed by atoms with Crippen molar-refractivity contribution in [2.24, 2.45) is 0 Å². The van der Waals surface area contributed by atoms with Gasteiger partial charge in [0.1, 0.15) is 11.6 Å². The molecule has 0 fully saturated rings. The summed E-state index contributed by atoms with van der Waals surface area (Å²) in [6, 6.07) is 21.6. The Hall–Kier alpha value is -3.93. The van der Waals surface area contributed by atoms with Crippen molar-refractivity contribution in [3.63, 3.8) is 0 Å². The molecule has 0 unspecified atom stereocenters. The van der Waals surface area contributed by atoms with Crippen molar-refractivity contribution < 1.29 is 0 Å². The monoisotopic (exact) mass is 408 g/mol. The van der Waals surface area contributed by atoms with Gasteiger partial charge in [0.15, 0.2) is 0 Å². The number of rotatable bonds is 3. The first-order valence-electron chi connectivity index (χ1n) is 10.5. The molecule has 2 aliphatic rings. The van der Waals surface area contributed by atoms with Crippen LogP contribution in [-0.4, -0.2) is 46.8 Å². The van der Waals surface area contributed by atoms with E-state index in [4.69, 9.17) is 4.98 Å². The highest BCUT2D eigenvalue weighted by Gasteiger charge is 2.20. The first-order valence-corrected chi connectivity index (χ1v) is 10.5. The van der Waals surface area contributed by atoms with Gasteiger partial charge in [-0.1, -0.05) is 36.4 Å². The number of hydrogen-bond acceptors (Lipinski definition) is 5. The predicted molar refractivity (Wildman–Crippen MR) is 127 cm³/mol. The van der Waals surface area contributed by atoms with E-state index >= 15 is 0 Å². The molecule has 0 N–H and O–H groups in total. The summed E-state index contributed by atoms with van der Waals surface area (Å²) in [6.45, 7) is 1.58. The van der Waals surface area contributed by atoms with Gasteiger partial charge in [0.05, 0.1) is 30.1 Å². The maximum absolute atomic E-state index is 5.02. The molecule has 2 aliphatic heterocycles. The number of pyridine rings is 1. The summed E-state index contributed by atoms with van der Waals surface area (Å²) < 4.78 is 2.35. The third kappa shape index (κ3) is 2.91. The SMILES string of the molecule is CN1C=CN(c2cc(-n3c4ccccc4c4ccccc43)cc(N3C=CN(C)C3)n2)C1. The third-order valence-corrected chi connectivity index (χ3v) is 5.96. The van der Waals surface area contributed by atoms with Crippen LogP contribution in [0.2, 0.25) is 0 Å². The summed E-state index contributed by atoms with van der Waals surface area (Å²) in [5, 5.41) is 2.53. The van der Waals surface area contributed by atoms with Gasteiger partial charge in [0.2, 0.25) is 0 Å². The van der Waals surface area contributed by atoms with Crippen molar-refractivity contribution in [1.29, 1.82) is 0 Å². The Balaban J connectivity index is 1.60. The van der Waals surface area contributed by atoms with E-state index in [0.717, 1.165) is 30.7 Å². The minimum atomic E-state index is 0.790. The van der Waals surface area contributed by atoms with Crippen molar-refractivity contribution >= 4 is 33.4 Å². The van der Waals surface area contributed by atoms with Gasteiger partial charge in [-0.15, -0.1) is 0 Å². The molecule has 2 aromatic heterocycles. The zero-order valence-electron chi connectivity index (χ0n) is 17.7. The highest BCUT2D eigenvalue weighted by molar-refractivity contribution is 6.09. The molecule has 6 heteroatoms. The molecule has 0 atom stereocenters. The number of para-hydroxylation sites is 2. The quantitative estimate of drug-likeness (QED) is 0.497. The third-order valence-electron chi connectivity index (χ3n) is 5.96. The average molecular weight is 409 g/mol. The number of anilines is 2. The van der Waals surface area contributed by atoms with E-state index in [1.807, 2.05) is 0 Å². The van der Waals surface area contributed by atoms with E-state index in [1.165, 1.54) is 21.8 Å². The van der Waals surface area contributed by atoms with Crippen molar-refractivity contribution in [2.75, 3.05) is 37.2 Å². The largest absolute Gasteiger partial charge is 0.361 e. The Bertz CT molecular complexity index is 1250. The highest BCUT2D eigenvalue weighted by Crippen LogP contribution is 2.34. The fourth-order valence-corrected chi connectivity index (χ4v) is 4.47. The summed E-state index contributed by atoms with van der Waals surface area (Å²) in [5.41, 5.74) is 3.52. The van der Waals surface area contributed by atoms with E-state index in [9.17, 15) is 0 Å². The minimum Gasteiger partial charge on any atom is -0.361 e. The Morgan fingerprint density at radius 3 is 1.58 bits per heavy atom. The Labute approximate surface area is 181 Å². The maximum Gasteiger partial charge on any atom is 0.138 e. The van der Waals surface area contributed by atoms with Gasteiger partial charge in [0, 0.05) is 61.8 Å². The zero-order valence-corrected chi connectivity index (χ0v) is 17.7. The fraction of sp³-hybridized carbons (Fsp3) is 0.160. The molecule has 154 valence electrons. The van der Waals surface area contributed by atoms with Crippen LogP contribution in [0, 0.1) is 0 Å².